The summed E-state index contributed by atoms with van der Waals surface area (Å²) in [5.74, 6) is -0.156. The molecule has 3 heteroatoms. The summed E-state index contributed by atoms with van der Waals surface area (Å²) in [6.45, 7) is 4.55. The number of halogens is 1. The molecule has 1 heterocycles. The molecular weight excluding hydrogens is 227 g/mol. The van der Waals surface area contributed by atoms with E-state index in [-0.39, 0.29) is 11.9 Å². The van der Waals surface area contributed by atoms with Gasteiger partial charge in [0.15, 0.2) is 0 Å². The summed E-state index contributed by atoms with van der Waals surface area (Å²) < 4.78 is 13.1. The van der Waals surface area contributed by atoms with Crippen molar-refractivity contribution in [1.82, 2.24) is 10.3 Å². The Morgan fingerprint density at radius 1 is 1.28 bits per heavy atom. The number of hydrogen-bond acceptors (Lipinski definition) is 2. The van der Waals surface area contributed by atoms with Gasteiger partial charge >= 0.3 is 0 Å². The van der Waals surface area contributed by atoms with E-state index in [9.17, 15) is 4.39 Å². The molecule has 0 bridgehead atoms. The third-order valence-electron chi connectivity index (χ3n) is 2.97. The van der Waals surface area contributed by atoms with Crippen LogP contribution >= 0.6 is 0 Å². The van der Waals surface area contributed by atoms with E-state index in [1.54, 1.807) is 19.2 Å². The second kappa shape index (κ2) is 5.74. The maximum atomic E-state index is 13.1. The molecule has 0 saturated heterocycles. The molecule has 0 amide bonds. The van der Waals surface area contributed by atoms with Crippen molar-refractivity contribution in [3.05, 3.63) is 65.2 Å². The first kappa shape index (κ1) is 12.7. The fourth-order valence-electron chi connectivity index (χ4n) is 1.82. The van der Waals surface area contributed by atoms with Crippen LogP contribution in [0.5, 0.6) is 0 Å². The monoisotopic (exact) mass is 244 g/mol. The normalized spacial score (nSPS) is 12.4. The number of pyridine rings is 1. The zero-order valence-electron chi connectivity index (χ0n) is 10.7. The smallest absolute Gasteiger partial charge is 0.126 e. The fraction of sp³-hybridized carbons (Fsp3) is 0.267. The lowest BCUT2D eigenvalue weighted by Gasteiger charge is -2.13. The number of aromatic nitrogens is 1. The van der Waals surface area contributed by atoms with Gasteiger partial charge in [-0.2, -0.15) is 0 Å². The number of rotatable bonds is 4. The second-order valence-corrected chi connectivity index (χ2v) is 4.44. The van der Waals surface area contributed by atoms with Gasteiger partial charge in [-0.3, -0.25) is 4.98 Å². The van der Waals surface area contributed by atoms with E-state index in [0.717, 1.165) is 11.3 Å². The van der Waals surface area contributed by atoms with E-state index in [1.807, 2.05) is 24.3 Å². The Kier molecular flexibility index (Phi) is 4.05. The number of hydrogen-bond donors (Lipinski definition) is 1. The predicted molar refractivity (Wildman–Crippen MR) is 70.6 cm³/mol. The summed E-state index contributed by atoms with van der Waals surface area (Å²) in [5, 5.41) is 3.38. The van der Waals surface area contributed by atoms with Gasteiger partial charge in [0.25, 0.3) is 0 Å². The summed E-state index contributed by atoms with van der Waals surface area (Å²) in [7, 11) is 0. The predicted octanol–water partition coefficient (Wildman–Crippen LogP) is 3.38. The van der Waals surface area contributed by atoms with Crippen molar-refractivity contribution in [3.63, 3.8) is 0 Å². The topological polar surface area (TPSA) is 24.9 Å². The van der Waals surface area contributed by atoms with Crippen LogP contribution in [0.25, 0.3) is 0 Å². The van der Waals surface area contributed by atoms with Crippen LogP contribution in [0.2, 0.25) is 0 Å². The van der Waals surface area contributed by atoms with Gasteiger partial charge in [0, 0.05) is 18.8 Å². The van der Waals surface area contributed by atoms with Crippen LogP contribution in [-0.4, -0.2) is 4.98 Å². The molecule has 1 aromatic carbocycles. The first-order chi connectivity index (χ1) is 8.66. The highest BCUT2D eigenvalue weighted by Gasteiger charge is 2.06. The molecule has 1 atom stereocenters. The van der Waals surface area contributed by atoms with E-state index in [0.29, 0.717) is 12.1 Å². The molecule has 0 aliphatic heterocycles. The van der Waals surface area contributed by atoms with Crippen molar-refractivity contribution in [2.24, 2.45) is 0 Å². The highest BCUT2D eigenvalue weighted by atomic mass is 19.1. The van der Waals surface area contributed by atoms with Crippen LogP contribution in [0, 0.1) is 12.7 Å². The van der Waals surface area contributed by atoms with Crippen LogP contribution < -0.4 is 5.32 Å². The molecule has 0 unspecified atom stereocenters. The van der Waals surface area contributed by atoms with Gasteiger partial charge in [-0.1, -0.05) is 18.2 Å². The van der Waals surface area contributed by atoms with Crippen LogP contribution in [0.4, 0.5) is 4.39 Å². The summed E-state index contributed by atoms with van der Waals surface area (Å²) in [6.07, 6.45) is 1.79. The van der Waals surface area contributed by atoms with E-state index < -0.39 is 0 Å². The zero-order valence-corrected chi connectivity index (χ0v) is 10.7. The van der Waals surface area contributed by atoms with Crippen molar-refractivity contribution < 1.29 is 4.39 Å². The molecule has 94 valence electrons. The molecule has 0 fully saturated rings. The minimum atomic E-state index is -0.156. The molecule has 0 radical (unpaired) electrons. The third-order valence-corrected chi connectivity index (χ3v) is 2.97. The van der Waals surface area contributed by atoms with Crippen molar-refractivity contribution in [1.29, 1.82) is 0 Å². The third kappa shape index (κ3) is 3.14. The van der Waals surface area contributed by atoms with Crippen LogP contribution in [0.15, 0.2) is 42.6 Å². The molecular formula is C15H17FN2. The summed E-state index contributed by atoms with van der Waals surface area (Å²) in [6, 6.07) is 11.2. The van der Waals surface area contributed by atoms with Gasteiger partial charge in [0.2, 0.25) is 0 Å². The lowest BCUT2D eigenvalue weighted by atomic mass is 10.1. The number of benzene rings is 1. The van der Waals surface area contributed by atoms with E-state index >= 15 is 0 Å². The Labute approximate surface area is 107 Å². The fourth-order valence-corrected chi connectivity index (χ4v) is 1.82. The Bertz CT molecular complexity index is 511. The maximum Gasteiger partial charge on any atom is 0.126 e. The van der Waals surface area contributed by atoms with Gasteiger partial charge in [-0.25, -0.2) is 4.39 Å². The van der Waals surface area contributed by atoms with Gasteiger partial charge in [0.1, 0.15) is 5.82 Å². The van der Waals surface area contributed by atoms with Crippen molar-refractivity contribution in [2.75, 3.05) is 0 Å². The SMILES string of the molecule is Cc1cc(CN[C@H](C)c2ccccn2)ccc1F. The molecule has 1 aromatic heterocycles. The minimum Gasteiger partial charge on any atom is -0.305 e. The summed E-state index contributed by atoms with van der Waals surface area (Å²) in [5.41, 5.74) is 2.77. The lowest BCUT2D eigenvalue weighted by molar-refractivity contribution is 0.559. The number of nitrogens with zero attached hydrogens (tertiary/aromatic N) is 1. The summed E-state index contributed by atoms with van der Waals surface area (Å²) >= 11 is 0. The van der Waals surface area contributed by atoms with Crippen LogP contribution in [0.3, 0.4) is 0 Å². The van der Waals surface area contributed by atoms with Crippen LogP contribution in [-0.2, 0) is 6.54 Å². The Balaban J connectivity index is 1.97. The molecule has 2 nitrogen and oxygen atoms in total. The van der Waals surface area contributed by atoms with Gasteiger partial charge in [-0.05, 0) is 43.2 Å². The molecule has 0 aliphatic carbocycles. The highest BCUT2D eigenvalue weighted by molar-refractivity contribution is 5.24. The first-order valence-electron chi connectivity index (χ1n) is 6.06. The van der Waals surface area contributed by atoms with E-state index in [4.69, 9.17) is 0 Å². The molecule has 1 N–H and O–H groups in total. The molecule has 0 saturated carbocycles. The quantitative estimate of drug-likeness (QED) is 0.891. The van der Waals surface area contributed by atoms with Gasteiger partial charge in [0.05, 0.1) is 5.69 Å². The Morgan fingerprint density at radius 2 is 2.11 bits per heavy atom. The Morgan fingerprint density at radius 3 is 2.78 bits per heavy atom. The minimum absolute atomic E-state index is 0.156. The number of nitrogens with one attached hydrogen (secondary N) is 1. The average Bonchev–Trinajstić information content (AvgIpc) is 2.41. The molecule has 2 rings (SSSR count). The zero-order chi connectivity index (χ0) is 13.0. The van der Waals surface area contributed by atoms with Crippen molar-refractivity contribution >= 4 is 0 Å². The molecule has 0 spiro atoms. The largest absolute Gasteiger partial charge is 0.305 e. The van der Waals surface area contributed by atoms with E-state index in [1.165, 1.54) is 6.07 Å². The summed E-state index contributed by atoms with van der Waals surface area (Å²) in [4.78, 5) is 4.30. The lowest BCUT2D eigenvalue weighted by Crippen LogP contribution is -2.19. The van der Waals surface area contributed by atoms with Gasteiger partial charge < -0.3 is 5.32 Å². The number of aryl methyl sites for hydroxylation is 1. The highest BCUT2D eigenvalue weighted by Crippen LogP contribution is 2.12. The van der Waals surface area contributed by atoms with Crippen molar-refractivity contribution in [2.45, 2.75) is 26.4 Å². The maximum absolute atomic E-state index is 13.1. The van der Waals surface area contributed by atoms with E-state index in [2.05, 4.69) is 17.2 Å². The second-order valence-electron chi connectivity index (χ2n) is 4.44. The Hall–Kier alpha value is -1.74. The first-order valence-corrected chi connectivity index (χ1v) is 6.06. The molecule has 18 heavy (non-hydrogen) atoms. The molecule has 2 aromatic rings. The standard InChI is InChI=1S/C15H17FN2/c1-11-9-13(6-7-14(11)16)10-18-12(2)15-5-3-4-8-17-15/h3-9,12,18H,10H2,1-2H3/t12-/m1/s1. The molecule has 0 aliphatic rings. The van der Waals surface area contributed by atoms with Crippen LogP contribution in [0.1, 0.15) is 29.8 Å². The van der Waals surface area contributed by atoms with Crippen molar-refractivity contribution in [3.8, 4) is 0 Å². The average molecular weight is 244 g/mol. The van der Waals surface area contributed by atoms with Gasteiger partial charge in [-0.15, -0.1) is 0 Å².